The molecule has 0 saturated carbocycles. The Hall–Kier alpha value is -2.64. The quantitative estimate of drug-likeness (QED) is 0.439. The summed E-state index contributed by atoms with van der Waals surface area (Å²) in [6.45, 7) is 6.07. The molecule has 156 valence electrons. The Morgan fingerprint density at radius 2 is 2.14 bits per heavy atom. The lowest BCUT2D eigenvalue weighted by atomic mass is 10.0. The van der Waals surface area contributed by atoms with E-state index in [4.69, 9.17) is 14.2 Å². The van der Waals surface area contributed by atoms with Crippen molar-refractivity contribution in [1.82, 2.24) is 15.2 Å². The lowest BCUT2D eigenvalue weighted by molar-refractivity contribution is -0.00834. The number of hydrogen-bond acceptors (Lipinski definition) is 5. The molecule has 0 radical (unpaired) electrons. The number of aryl methyl sites for hydroxylation is 1. The molecule has 1 N–H and O–H groups in total. The first-order valence-corrected chi connectivity index (χ1v) is 9.90. The highest BCUT2D eigenvalue weighted by Crippen LogP contribution is 2.25. The van der Waals surface area contributed by atoms with Crippen LogP contribution in [0.1, 0.15) is 22.8 Å². The number of hydrogen-bond donors (Lipinski definition) is 1. The molecule has 1 fully saturated rings. The molecule has 1 aromatic carbocycles. The molecule has 1 atom stereocenters. The van der Waals surface area contributed by atoms with Crippen LogP contribution < -0.4 is 10.1 Å². The highest BCUT2D eigenvalue weighted by molar-refractivity contribution is 5.80. The third kappa shape index (κ3) is 5.92. The van der Waals surface area contributed by atoms with Crippen LogP contribution in [0.3, 0.4) is 0 Å². The van der Waals surface area contributed by atoms with Crippen LogP contribution in [0, 0.1) is 6.92 Å². The Morgan fingerprint density at radius 3 is 2.86 bits per heavy atom. The van der Waals surface area contributed by atoms with Crippen LogP contribution in [-0.4, -0.2) is 62.9 Å². The first-order chi connectivity index (χ1) is 14.2. The number of nitrogens with one attached hydrogen (secondary N) is 1. The normalized spacial score (nSPS) is 17.3. The molecule has 0 bridgehead atoms. The van der Waals surface area contributed by atoms with E-state index in [1.165, 1.54) is 11.1 Å². The smallest absolute Gasteiger partial charge is 0.213 e. The highest BCUT2D eigenvalue weighted by atomic mass is 16.5. The predicted molar refractivity (Wildman–Crippen MR) is 113 cm³/mol. The second-order valence-electron chi connectivity index (χ2n) is 6.91. The van der Waals surface area contributed by atoms with Crippen LogP contribution in [0.5, 0.6) is 5.88 Å². The molecule has 1 saturated heterocycles. The predicted octanol–water partition coefficient (Wildman–Crippen LogP) is 2.56. The molecule has 0 spiro atoms. The van der Waals surface area contributed by atoms with Gasteiger partial charge >= 0.3 is 0 Å². The summed E-state index contributed by atoms with van der Waals surface area (Å²) in [5.74, 6) is 1.47. The van der Waals surface area contributed by atoms with Crippen LogP contribution in [0.2, 0.25) is 0 Å². The minimum absolute atomic E-state index is 0.0497. The maximum atomic E-state index is 6.03. The van der Waals surface area contributed by atoms with Crippen molar-refractivity contribution in [3.63, 3.8) is 0 Å². The van der Waals surface area contributed by atoms with E-state index >= 15 is 0 Å². The van der Waals surface area contributed by atoms with Gasteiger partial charge in [-0.15, -0.1) is 0 Å². The van der Waals surface area contributed by atoms with E-state index in [0.29, 0.717) is 32.2 Å². The fourth-order valence-corrected chi connectivity index (χ4v) is 3.32. The van der Waals surface area contributed by atoms with E-state index < -0.39 is 0 Å². The van der Waals surface area contributed by atoms with Crippen LogP contribution >= 0.6 is 0 Å². The molecule has 2 aromatic rings. The number of ether oxygens (including phenoxy) is 3. The fraction of sp³-hybridized carbons (Fsp3) is 0.455. The number of guanidine groups is 1. The molecule has 1 aromatic heterocycles. The fourth-order valence-electron chi connectivity index (χ4n) is 3.32. The largest absolute Gasteiger partial charge is 0.475 e. The summed E-state index contributed by atoms with van der Waals surface area (Å²) >= 11 is 0. The molecule has 3 rings (SSSR count). The summed E-state index contributed by atoms with van der Waals surface area (Å²) in [5, 5.41) is 3.43. The Morgan fingerprint density at radius 1 is 1.28 bits per heavy atom. The maximum absolute atomic E-state index is 6.03. The van der Waals surface area contributed by atoms with Crippen molar-refractivity contribution in [2.24, 2.45) is 4.99 Å². The molecule has 7 nitrogen and oxygen atoms in total. The molecular weight excluding hydrogens is 368 g/mol. The van der Waals surface area contributed by atoms with Crippen molar-refractivity contribution in [3.05, 3.63) is 59.3 Å². The zero-order chi connectivity index (χ0) is 20.5. The zero-order valence-electron chi connectivity index (χ0n) is 17.4. The minimum atomic E-state index is 0.0497. The molecular formula is C22H30N4O3. The average molecular weight is 399 g/mol. The van der Waals surface area contributed by atoms with E-state index in [2.05, 4.69) is 51.4 Å². The standard InChI is InChI=1S/C22H30N4O3/c1-17-6-4-5-7-19(17)20-16-26(10-11-28-20)22(23-2)25-15-18-8-9-21(24-14-18)29-13-12-27-3/h4-9,14,20H,10-13,15-16H2,1-3H3,(H,23,25). The summed E-state index contributed by atoms with van der Waals surface area (Å²) in [7, 11) is 3.46. The number of methoxy groups -OCH3 is 1. The third-order valence-electron chi connectivity index (χ3n) is 4.90. The third-order valence-corrected chi connectivity index (χ3v) is 4.90. The van der Waals surface area contributed by atoms with Gasteiger partial charge < -0.3 is 24.4 Å². The molecule has 1 aliphatic rings. The summed E-state index contributed by atoms with van der Waals surface area (Å²) in [5.41, 5.74) is 3.55. The van der Waals surface area contributed by atoms with Gasteiger partial charge in [0.1, 0.15) is 12.7 Å². The number of morpholine rings is 1. The molecule has 29 heavy (non-hydrogen) atoms. The number of aliphatic imine (C=N–C) groups is 1. The molecule has 2 heterocycles. The van der Waals surface area contributed by atoms with Gasteiger partial charge in [0, 0.05) is 39.5 Å². The first-order valence-electron chi connectivity index (χ1n) is 9.90. The number of rotatable bonds is 7. The zero-order valence-corrected chi connectivity index (χ0v) is 17.4. The molecule has 1 unspecified atom stereocenters. The van der Waals surface area contributed by atoms with Gasteiger partial charge in [-0.25, -0.2) is 4.98 Å². The lowest BCUT2D eigenvalue weighted by Gasteiger charge is -2.35. The Balaban J connectivity index is 1.55. The van der Waals surface area contributed by atoms with Gasteiger partial charge in [-0.2, -0.15) is 0 Å². The van der Waals surface area contributed by atoms with Crippen molar-refractivity contribution in [2.45, 2.75) is 19.6 Å². The summed E-state index contributed by atoms with van der Waals surface area (Å²) in [4.78, 5) is 11.0. The van der Waals surface area contributed by atoms with Crippen LogP contribution in [0.4, 0.5) is 0 Å². The maximum Gasteiger partial charge on any atom is 0.213 e. The van der Waals surface area contributed by atoms with E-state index in [-0.39, 0.29) is 6.10 Å². The van der Waals surface area contributed by atoms with E-state index in [9.17, 15) is 0 Å². The summed E-state index contributed by atoms with van der Waals surface area (Å²) in [6, 6.07) is 12.3. The van der Waals surface area contributed by atoms with Gasteiger partial charge in [-0.05, 0) is 23.6 Å². The monoisotopic (exact) mass is 398 g/mol. The van der Waals surface area contributed by atoms with Crippen LogP contribution in [0.15, 0.2) is 47.6 Å². The topological polar surface area (TPSA) is 68.2 Å². The van der Waals surface area contributed by atoms with E-state index in [1.54, 1.807) is 7.11 Å². The van der Waals surface area contributed by atoms with Crippen LogP contribution in [-0.2, 0) is 16.0 Å². The van der Waals surface area contributed by atoms with Crippen LogP contribution in [0.25, 0.3) is 0 Å². The van der Waals surface area contributed by atoms with Gasteiger partial charge in [0.2, 0.25) is 5.88 Å². The van der Waals surface area contributed by atoms with Gasteiger partial charge in [0.25, 0.3) is 0 Å². The number of nitrogens with zero attached hydrogens (tertiary/aromatic N) is 3. The van der Waals surface area contributed by atoms with Gasteiger partial charge in [-0.3, -0.25) is 4.99 Å². The van der Waals surface area contributed by atoms with Crippen molar-refractivity contribution < 1.29 is 14.2 Å². The molecule has 0 amide bonds. The van der Waals surface area contributed by atoms with E-state index in [0.717, 1.165) is 24.6 Å². The number of pyridine rings is 1. The van der Waals surface area contributed by atoms with Crippen molar-refractivity contribution in [3.8, 4) is 5.88 Å². The first kappa shape index (κ1) is 21.1. The van der Waals surface area contributed by atoms with Gasteiger partial charge in [-0.1, -0.05) is 30.3 Å². The Bertz CT molecular complexity index is 795. The van der Waals surface area contributed by atoms with Gasteiger partial charge in [0.05, 0.1) is 19.8 Å². The molecule has 7 heteroatoms. The summed E-state index contributed by atoms with van der Waals surface area (Å²) < 4.78 is 16.5. The SMILES string of the molecule is CN=C(NCc1ccc(OCCOC)nc1)N1CCOC(c2ccccc2C)C1. The number of aromatic nitrogens is 1. The Labute approximate surface area is 172 Å². The second kappa shape index (κ2) is 10.8. The molecule has 1 aliphatic heterocycles. The van der Waals surface area contributed by atoms with E-state index in [1.807, 2.05) is 25.4 Å². The summed E-state index contributed by atoms with van der Waals surface area (Å²) in [6.07, 6.45) is 1.87. The van der Waals surface area contributed by atoms with Crippen molar-refractivity contribution >= 4 is 5.96 Å². The highest BCUT2D eigenvalue weighted by Gasteiger charge is 2.25. The minimum Gasteiger partial charge on any atom is -0.475 e. The number of benzene rings is 1. The Kier molecular flexibility index (Phi) is 7.84. The molecule has 0 aliphatic carbocycles. The average Bonchev–Trinajstić information content (AvgIpc) is 2.76. The van der Waals surface area contributed by atoms with Gasteiger partial charge in [0.15, 0.2) is 5.96 Å². The second-order valence-corrected chi connectivity index (χ2v) is 6.91. The lowest BCUT2D eigenvalue weighted by Crippen LogP contribution is -2.48. The van der Waals surface area contributed by atoms with Crippen molar-refractivity contribution in [2.75, 3.05) is 47.1 Å². The van der Waals surface area contributed by atoms with Crippen molar-refractivity contribution in [1.29, 1.82) is 0 Å².